The molecule has 1 aliphatic heterocycles. The van der Waals surface area contributed by atoms with Crippen molar-refractivity contribution >= 4 is 18.0 Å². The Morgan fingerprint density at radius 3 is 2.34 bits per heavy atom. The van der Waals surface area contributed by atoms with Gasteiger partial charge < -0.3 is 25.4 Å². The van der Waals surface area contributed by atoms with Gasteiger partial charge in [0.05, 0.1) is 0 Å². The molecule has 2 aromatic carbocycles. The summed E-state index contributed by atoms with van der Waals surface area (Å²) < 4.78 is 5.54. The Morgan fingerprint density at radius 2 is 1.74 bits per heavy atom. The van der Waals surface area contributed by atoms with E-state index in [1.165, 1.54) is 0 Å². The molecule has 1 aliphatic carbocycles. The van der Waals surface area contributed by atoms with Crippen LogP contribution in [0.4, 0.5) is 4.79 Å². The Bertz CT molecular complexity index is 1030. The van der Waals surface area contributed by atoms with Crippen molar-refractivity contribution in [3.63, 3.8) is 0 Å². The molecular weight excluding hydrogens is 446 g/mol. The number of alkyl carbamates (subject to hydrolysis) is 1. The summed E-state index contributed by atoms with van der Waals surface area (Å²) in [7, 11) is 2.08. The highest BCUT2D eigenvalue weighted by Gasteiger charge is 2.30. The van der Waals surface area contributed by atoms with Crippen molar-refractivity contribution in [1.29, 1.82) is 0 Å². The van der Waals surface area contributed by atoms with Crippen molar-refractivity contribution in [2.24, 2.45) is 0 Å². The minimum absolute atomic E-state index is 0.00526. The van der Waals surface area contributed by atoms with Gasteiger partial charge in [0.15, 0.2) is 0 Å². The Morgan fingerprint density at radius 1 is 1.09 bits per heavy atom. The summed E-state index contributed by atoms with van der Waals surface area (Å²) in [5.41, 5.74) is 4.45. The van der Waals surface area contributed by atoms with Gasteiger partial charge in [0.25, 0.3) is 0 Å². The fraction of sp³-hybridized carbons (Fsp3) is 0.444. The van der Waals surface area contributed by atoms with Crippen LogP contribution in [0.25, 0.3) is 11.1 Å². The van der Waals surface area contributed by atoms with Gasteiger partial charge in [-0.2, -0.15) is 0 Å². The lowest BCUT2D eigenvalue weighted by molar-refractivity contribution is -0.137. The summed E-state index contributed by atoms with van der Waals surface area (Å²) in [6, 6.07) is 15.6. The van der Waals surface area contributed by atoms with Gasteiger partial charge in [0.1, 0.15) is 12.6 Å². The summed E-state index contributed by atoms with van der Waals surface area (Å²) in [5.74, 6) is -1.51. The highest BCUT2D eigenvalue weighted by atomic mass is 16.5. The van der Waals surface area contributed by atoms with Crippen molar-refractivity contribution < 1.29 is 24.2 Å². The van der Waals surface area contributed by atoms with E-state index >= 15 is 0 Å². The predicted octanol–water partition coefficient (Wildman–Crippen LogP) is 3.36. The van der Waals surface area contributed by atoms with Gasteiger partial charge in [-0.25, -0.2) is 4.79 Å². The second kappa shape index (κ2) is 11.4. The highest BCUT2D eigenvalue weighted by Crippen LogP contribution is 2.44. The van der Waals surface area contributed by atoms with Crippen molar-refractivity contribution in [2.75, 3.05) is 26.7 Å². The quantitative estimate of drug-likeness (QED) is 0.482. The number of aliphatic carboxylic acids is 1. The minimum atomic E-state index is -1.02. The minimum Gasteiger partial charge on any atom is -0.481 e. The smallest absolute Gasteiger partial charge is 0.407 e. The van der Waals surface area contributed by atoms with Crippen molar-refractivity contribution in [1.82, 2.24) is 15.5 Å². The number of hydrogen-bond donors (Lipinski definition) is 3. The molecule has 0 aromatic heterocycles. The second-order valence-corrected chi connectivity index (χ2v) is 9.31. The number of likely N-dealkylation sites (tertiary alicyclic amines) is 1. The lowest BCUT2D eigenvalue weighted by atomic mass is 9.98. The number of carbonyl (C=O) groups is 3. The normalized spacial score (nSPS) is 17.9. The molecule has 186 valence electrons. The van der Waals surface area contributed by atoms with Crippen LogP contribution >= 0.6 is 0 Å². The van der Waals surface area contributed by atoms with E-state index < -0.39 is 18.1 Å². The highest BCUT2D eigenvalue weighted by molar-refractivity contribution is 5.86. The van der Waals surface area contributed by atoms with Gasteiger partial charge in [-0.15, -0.1) is 0 Å². The fourth-order valence-corrected chi connectivity index (χ4v) is 5.15. The van der Waals surface area contributed by atoms with Crippen LogP contribution in [0.3, 0.4) is 0 Å². The summed E-state index contributed by atoms with van der Waals surface area (Å²) in [6.07, 6.45) is 2.11. The van der Waals surface area contributed by atoms with Crippen molar-refractivity contribution in [2.45, 2.75) is 50.1 Å². The number of fused-ring (bicyclic) bond motifs is 3. The molecule has 1 saturated heterocycles. The van der Waals surface area contributed by atoms with Gasteiger partial charge in [0.2, 0.25) is 5.91 Å². The SMILES string of the molecule is CN1CCCC1CCNC(=O)C(CCC(=O)O)NC(=O)OCC1c2ccccc2-c2ccccc21. The van der Waals surface area contributed by atoms with Crippen molar-refractivity contribution in [3.8, 4) is 11.1 Å². The molecule has 35 heavy (non-hydrogen) atoms. The van der Waals surface area contributed by atoms with Crippen LogP contribution in [0.15, 0.2) is 48.5 Å². The van der Waals surface area contributed by atoms with Crippen molar-refractivity contribution in [3.05, 3.63) is 59.7 Å². The molecule has 2 atom stereocenters. The lowest BCUT2D eigenvalue weighted by Gasteiger charge is -2.21. The number of ether oxygens (including phenoxy) is 1. The average molecular weight is 480 g/mol. The van der Waals surface area contributed by atoms with E-state index in [2.05, 4.69) is 34.7 Å². The van der Waals surface area contributed by atoms with Gasteiger partial charge in [-0.3, -0.25) is 9.59 Å². The van der Waals surface area contributed by atoms with Gasteiger partial charge in [0, 0.05) is 24.9 Å². The number of nitrogens with one attached hydrogen (secondary N) is 2. The topological polar surface area (TPSA) is 108 Å². The molecule has 8 nitrogen and oxygen atoms in total. The van der Waals surface area contributed by atoms with Gasteiger partial charge in [-0.05, 0) is 61.5 Å². The van der Waals surface area contributed by atoms with E-state index in [0.29, 0.717) is 12.6 Å². The molecule has 0 radical (unpaired) electrons. The molecule has 2 amide bonds. The number of nitrogens with zero attached hydrogens (tertiary/aromatic N) is 1. The van der Waals surface area contributed by atoms with Gasteiger partial charge in [-0.1, -0.05) is 48.5 Å². The molecular formula is C27H33N3O5. The molecule has 0 bridgehead atoms. The van der Waals surface area contributed by atoms with E-state index in [1.54, 1.807) is 0 Å². The number of hydrogen-bond acceptors (Lipinski definition) is 5. The van der Waals surface area contributed by atoms with Crippen LogP contribution in [-0.4, -0.2) is 66.8 Å². The van der Waals surface area contributed by atoms with Crippen LogP contribution in [0.2, 0.25) is 0 Å². The van der Waals surface area contributed by atoms with Crippen LogP contribution < -0.4 is 10.6 Å². The molecule has 1 fully saturated rings. The third-order valence-corrected chi connectivity index (χ3v) is 7.05. The Hall–Kier alpha value is -3.39. The summed E-state index contributed by atoms with van der Waals surface area (Å²) in [4.78, 5) is 38.8. The molecule has 0 saturated carbocycles. The Labute approximate surface area is 205 Å². The maximum atomic E-state index is 12.7. The maximum Gasteiger partial charge on any atom is 0.407 e. The number of carbonyl (C=O) groups excluding carboxylic acids is 2. The van der Waals surface area contributed by atoms with E-state index in [0.717, 1.165) is 48.1 Å². The van der Waals surface area contributed by atoms with Crippen LogP contribution in [0, 0.1) is 0 Å². The number of benzene rings is 2. The van der Waals surface area contributed by atoms with Gasteiger partial charge >= 0.3 is 12.1 Å². The summed E-state index contributed by atoms with van der Waals surface area (Å²) in [6.45, 7) is 1.66. The molecule has 2 aromatic rings. The first-order chi connectivity index (χ1) is 16.9. The van der Waals surface area contributed by atoms with E-state index in [-0.39, 0.29) is 31.3 Å². The molecule has 2 unspecified atom stereocenters. The zero-order chi connectivity index (χ0) is 24.8. The third kappa shape index (κ3) is 6.00. The maximum absolute atomic E-state index is 12.7. The Balaban J connectivity index is 1.33. The number of carboxylic acid groups (broad SMARTS) is 1. The summed E-state index contributed by atoms with van der Waals surface area (Å²) >= 11 is 0. The fourth-order valence-electron chi connectivity index (χ4n) is 5.15. The largest absolute Gasteiger partial charge is 0.481 e. The number of rotatable bonds is 10. The monoisotopic (exact) mass is 479 g/mol. The molecule has 2 aliphatic rings. The van der Waals surface area contributed by atoms with E-state index in [1.807, 2.05) is 36.4 Å². The van der Waals surface area contributed by atoms with Crippen LogP contribution in [-0.2, 0) is 14.3 Å². The first kappa shape index (κ1) is 24.7. The lowest BCUT2D eigenvalue weighted by Crippen LogP contribution is -2.48. The summed E-state index contributed by atoms with van der Waals surface area (Å²) in [5, 5.41) is 14.5. The molecule has 0 spiro atoms. The van der Waals surface area contributed by atoms with Crippen LogP contribution in [0.1, 0.15) is 49.1 Å². The zero-order valence-corrected chi connectivity index (χ0v) is 20.0. The first-order valence-electron chi connectivity index (χ1n) is 12.2. The number of carboxylic acids is 1. The molecule has 4 rings (SSSR count). The molecule has 8 heteroatoms. The predicted molar refractivity (Wildman–Crippen MR) is 132 cm³/mol. The van der Waals surface area contributed by atoms with Crippen LogP contribution in [0.5, 0.6) is 0 Å². The van der Waals surface area contributed by atoms with E-state index in [9.17, 15) is 14.4 Å². The molecule has 3 N–H and O–H groups in total. The standard InChI is InChI=1S/C27H33N3O5/c1-30-16-6-7-18(30)14-15-28-26(33)24(12-13-25(31)32)29-27(34)35-17-23-21-10-4-2-8-19(21)20-9-3-5-11-22(20)23/h2-5,8-11,18,23-24H,6-7,12-17H2,1H3,(H,28,33)(H,29,34)(H,31,32). The Kier molecular flexibility index (Phi) is 8.02. The first-order valence-corrected chi connectivity index (χ1v) is 12.2. The zero-order valence-electron chi connectivity index (χ0n) is 20.0. The average Bonchev–Trinajstić information content (AvgIpc) is 3.41. The second-order valence-electron chi connectivity index (χ2n) is 9.31. The third-order valence-electron chi connectivity index (χ3n) is 7.05. The van der Waals surface area contributed by atoms with E-state index in [4.69, 9.17) is 9.84 Å². The number of amides is 2. The molecule has 1 heterocycles.